The molecule has 1 aliphatic rings. The molecule has 0 spiro atoms. The molecule has 0 unspecified atom stereocenters. The number of benzene rings is 1. The van der Waals surface area contributed by atoms with E-state index in [1.807, 2.05) is 6.07 Å². The van der Waals surface area contributed by atoms with Crippen LogP contribution in [0.15, 0.2) is 22.7 Å². The summed E-state index contributed by atoms with van der Waals surface area (Å²) in [5, 5.41) is 3.39. The highest BCUT2D eigenvalue weighted by Gasteiger charge is 2.15. The molecule has 0 bridgehead atoms. The number of hydrogen-bond donors (Lipinski definition) is 1. The van der Waals surface area contributed by atoms with Crippen molar-refractivity contribution < 1.29 is 4.39 Å². The predicted molar refractivity (Wildman–Crippen MR) is 83.3 cm³/mol. The summed E-state index contributed by atoms with van der Waals surface area (Å²) in [6.45, 7) is 4.26. The predicted octanol–water partition coefficient (Wildman–Crippen LogP) is 3.44. The molecule has 5 heteroatoms. The molecule has 0 atom stereocenters. The second-order valence-electron chi connectivity index (χ2n) is 5.13. The van der Waals surface area contributed by atoms with Gasteiger partial charge < -0.3 is 10.2 Å². The molecule has 0 aromatic heterocycles. The molecule has 2 nitrogen and oxygen atoms in total. The van der Waals surface area contributed by atoms with Crippen LogP contribution in [0.25, 0.3) is 0 Å². The van der Waals surface area contributed by atoms with Gasteiger partial charge in [0.1, 0.15) is 5.82 Å². The third-order valence-electron chi connectivity index (χ3n) is 3.48. The fourth-order valence-electron chi connectivity index (χ4n) is 2.51. The third kappa shape index (κ3) is 5.38. The van der Waals surface area contributed by atoms with Crippen LogP contribution >= 0.6 is 28.3 Å². The van der Waals surface area contributed by atoms with E-state index in [0.717, 1.165) is 42.1 Å². The van der Waals surface area contributed by atoms with Crippen molar-refractivity contribution in [2.75, 3.05) is 26.7 Å². The van der Waals surface area contributed by atoms with Gasteiger partial charge in [-0.05, 0) is 56.6 Å². The number of hydrogen-bond acceptors (Lipinski definition) is 2. The van der Waals surface area contributed by atoms with Gasteiger partial charge in [-0.15, -0.1) is 12.4 Å². The summed E-state index contributed by atoms with van der Waals surface area (Å²) in [6.07, 6.45) is 2.52. The van der Waals surface area contributed by atoms with Crippen LogP contribution in [0.2, 0.25) is 0 Å². The van der Waals surface area contributed by atoms with Gasteiger partial charge in [-0.1, -0.05) is 22.0 Å². The van der Waals surface area contributed by atoms with Gasteiger partial charge in [-0.3, -0.25) is 0 Å². The van der Waals surface area contributed by atoms with E-state index in [4.69, 9.17) is 0 Å². The van der Waals surface area contributed by atoms with Gasteiger partial charge in [0, 0.05) is 17.6 Å². The summed E-state index contributed by atoms with van der Waals surface area (Å²) in [5.41, 5.74) is 1.15. The average Bonchev–Trinajstić information content (AvgIpc) is 2.34. The highest BCUT2D eigenvalue weighted by atomic mass is 79.9. The van der Waals surface area contributed by atoms with Crippen LogP contribution in [-0.4, -0.2) is 31.6 Å². The molecule has 1 fully saturated rings. The van der Waals surface area contributed by atoms with Crippen molar-refractivity contribution in [3.63, 3.8) is 0 Å². The quantitative estimate of drug-likeness (QED) is 0.894. The van der Waals surface area contributed by atoms with Gasteiger partial charge in [0.2, 0.25) is 0 Å². The monoisotopic (exact) mass is 350 g/mol. The van der Waals surface area contributed by atoms with E-state index in [0.29, 0.717) is 0 Å². The minimum atomic E-state index is -0.188. The molecule has 108 valence electrons. The Morgan fingerprint density at radius 3 is 2.68 bits per heavy atom. The van der Waals surface area contributed by atoms with Crippen LogP contribution in [0.1, 0.15) is 18.4 Å². The second kappa shape index (κ2) is 8.20. The van der Waals surface area contributed by atoms with Gasteiger partial charge in [-0.2, -0.15) is 0 Å². The molecule has 1 N–H and O–H groups in total. The SMILES string of the molecule is CN(Cc1ccc(F)cc1Br)CC1CCNCC1.Cl. The Balaban J connectivity index is 0.00000180. The molecule has 0 amide bonds. The normalized spacial score (nSPS) is 16.4. The molecule has 1 aliphatic heterocycles. The Labute approximate surface area is 129 Å². The van der Waals surface area contributed by atoms with Crippen LogP contribution in [-0.2, 0) is 6.54 Å². The maximum Gasteiger partial charge on any atom is 0.124 e. The lowest BCUT2D eigenvalue weighted by Gasteiger charge is -2.27. The Hall–Kier alpha value is -0.160. The second-order valence-corrected chi connectivity index (χ2v) is 5.98. The zero-order valence-corrected chi connectivity index (χ0v) is 13.6. The van der Waals surface area contributed by atoms with Crippen LogP contribution in [0, 0.1) is 11.7 Å². The molecule has 1 heterocycles. The lowest BCUT2D eigenvalue weighted by molar-refractivity contribution is 0.234. The van der Waals surface area contributed by atoms with Crippen molar-refractivity contribution in [1.29, 1.82) is 0 Å². The highest BCUT2D eigenvalue weighted by Crippen LogP contribution is 2.20. The van der Waals surface area contributed by atoms with E-state index in [2.05, 4.69) is 33.2 Å². The lowest BCUT2D eigenvalue weighted by Crippen LogP contribution is -2.34. The molecule has 2 rings (SSSR count). The number of nitrogens with zero attached hydrogens (tertiary/aromatic N) is 1. The van der Waals surface area contributed by atoms with E-state index in [9.17, 15) is 4.39 Å². The summed E-state index contributed by atoms with van der Waals surface area (Å²) in [6, 6.07) is 4.92. The smallest absolute Gasteiger partial charge is 0.124 e. The van der Waals surface area contributed by atoms with Crippen molar-refractivity contribution in [3.05, 3.63) is 34.1 Å². The van der Waals surface area contributed by atoms with E-state index >= 15 is 0 Å². The fraction of sp³-hybridized carbons (Fsp3) is 0.571. The Bertz CT molecular complexity index is 397. The first kappa shape index (κ1) is 16.9. The number of piperidine rings is 1. The minimum absolute atomic E-state index is 0. The van der Waals surface area contributed by atoms with Crippen LogP contribution < -0.4 is 5.32 Å². The Morgan fingerprint density at radius 2 is 2.05 bits per heavy atom. The first-order chi connectivity index (χ1) is 8.65. The molecular weight excluding hydrogens is 331 g/mol. The summed E-state index contributed by atoms with van der Waals surface area (Å²) in [5.74, 6) is 0.599. The zero-order chi connectivity index (χ0) is 13.0. The lowest BCUT2D eigenvalue weighted by atomic mass is 9.97. The number of halogens is 3. The fourth-order valence-corrected chi connectivity index (χ4v) is 2.99. The summed E-state index contributed by atoms with van der Waals surface area (Å²) < 4.78 is 13.9. The number of nitrogens with one attached hydrogen (secondary N) is 1. The molecule has 1 aromatic rings. The van der Waals surface area contributed by atoms with E-state index in [1.165, 1.54) is 25.0 Å². The van der Waals surface area contributed by atoms with Crippen LogP contribution in [0.5, 0.6) is 0 Å². The zero-order valence-electron chi connectivity index (χ0n) is 11.2. The first-order valence-electron chi connectivity index (χ1n) is 6.48. The Kier molecular flexibility index (Phi) is 7.29. The number of rotatable bonds is 4. The van der Waals surface area contributed by atoms with E-state index < -0.39 is 0 Å². The van der Waals surface area contributed by atoms with Gasteiger partial charge in [0.05, 0.1) is 0 Å². The summed E-state index contributed by atoms with van der Waals surface area (Å²) in [7, 11) is 2.14. The molecule has 1 saturated heterocycles. The largest absolute Gasteiger partial charge is 0.317 e. The maximum atomic E-state index is 13.0. The third-order valence-corrected chi connectivity index (χ3v) is 4.22. The molecule has 0 saturated carbocycles. The maximum absolute atomic E-state index is 13.0. The van der Waals surface area contributed by atoms with Crippen molar-refractivity contribution in [2.45, 2.75) is 19.4 Å². The molecule has 0 aliphatic carbocycles. The van der Waals surface area contributed by atoms with Crippen molar-refractivity contribution >= 4 is 28.3 Å². The standard InChI is InChI=1S/C14H20BrFN2.ClH/c1-18(9-11-4-6-17-7-5-11)10-12-2-3-13(16)8-14(12)15;/h2-3,8,11,17H,4-7,9-10H2,1H3;1H. The van der Waals surface area contributed by atoms with Gasteiger partial charge in [0.25, 0.3) is 0 Å². The highest BCUT2D eigenvalue weighted by molar-refractivity contribution is 9.10. The van der Waals surface area contributed by atoms with Gasteiger partial charge >= 0.3 is 0 Å². The van der Waals surface area contributed by atoms with Crippen molar-refractivity contribution in [3.8, 4) is 0 Å². The molecule has 0 radical (unpaired) electrons. The average molecular weight is 352 g/mol. The minimum Gasteiger partial charge on any atom is -0.317 e. The van der Waals surface area contributed by atoms with Crippen molar-refractivity contribution in [2.24, 2.45) is 5.92 Å². The Morgan fingerprint density at radius 1 is 1.37 bits per heavy atom. The van der Waals surface area contributed by atoms with E-state index in [-0.39, 0.29) is 18.2 Å². The summed E-state index contributed by atoms with van der Waals surface area (Å²) in [4.78, 5) is 2.33. The van der Waals surface area contributed by atoms with Crippen LogP contribution in [0.4, 0.5) is 4.39 Å². The summed E-state index contributed by atoms with van der Waals surface area (Å²) >= 11 is 3.42. The first-order valence-corrected chi connectivity index (χ1v) is 7.27. The van der Waals surface area contributed by atoms with Gasteiger partial charge in [0.15, 0.2) is 0 Å². The van der Waals surface area contributed by atoms with Gasteiger partial charge in [-0.25, -0.2) is 4.39 Å². The van der Waals surface area contributed by atoms with Crippen LogP contribution in [0.3, 0.4) is 0 Å². The van der Waals surface area contributed by atoms with Crippen molar-refractivity contribution in [1.82, 2.24) is 10.2 Å². The molecule has 19 heavy (non-hydrogen) atoms. The molecule has 1 aromatic carbocycles. The molecular formula is C14H21BrClFN2. The van der Waals surface area contributed by atoms with E-state index in [1.54, 1.807) is 0 Å². The topological polar surface area (TPSA) is 15.3 Å².